The number of methoxy groups -OCH3 is 2. The van der Waals surface area contributed by atoms with E-state index in [1.807, 2.05) is 13.0 Å². The number of nitrogens with one attached hydrogen (secondary N) is 1. The van der Waals surface area contributed by atoms with Crippen LogP contribution < -0.4 is 14.8 Å². The third-order valence-electron chi connectivity index (χ3n) is 6.09. The van der Waals surface area contributed by atoms with E-state index in [-0.39, 0.29) is 35.7 Å². The molecule has 0 spiro atoms. The lowest BCUT2D eigenvalue weighted by Gasteiger charge is -2.17. The van der Waals surface area contributed by atoms with Gasteiger partial charge in [0.15, 0.2) is 11.5 Å². The molecule has 7 heteroatoms. The Morgan fingerprint density at radius 1 is 1.18 bits per heavy atom. The third-order valence-corrected chi connectivity index (χ3v) is 6.09. The number of phenols is 1. The smallest absolute Gasteiger partial charge is 0.221 e. The molecule has 0 fully saturated rings. The first-order chi connectivity index (χ1) is 15.9. The zero-order chi connectivity index (χ0) is 23.5. The van der Waals surface area contributed by atoms with Crippen molar-refractivity contribution in [3.63, 3.8) is 0 Å². The Bertz CT molecular complexity index is 1160. The standard InChI is InChI=1S/C26H26FNO5/c1-15-20(9-16-10-23(31-2)26(30)24(11-16)32-3)19-7-6-17(27)12-22(19)21(15)13-25(29)28-14-18-5-4-8-33-18/h4-12,15,21,30H,13-14H2,1-3H3,(H,28,29)/b20-9-. The van der Waals surface area contributed by atoms with Crippen LogP contribution in [0, 0.1) is 11.7 Å². The van der Waals surface area contributed by atoms with Crippen molar-refractivity contribution in [1.82, 2.24) is 5.32 Å². The maximum absolute atomic E-state index is 14.1. The van der Waals surface area contributed by atoms with Gasteiger partial charge in [-0.3, -0.25) is 4.79 Å². The van der Waals surface area contributed by atoms with Crippen LogP contribution in [0.25, 0.3) is 11.6 Å². The minimum Gasteiger partial charge on any atom is -0.502 e. The molecule has 3 aromatic rings. The molecule has 0 saturated carbocycles. The maximum atomic E-state index is 14.1. The van der Waals surface area contributed by atoms with Crippen molar-refractivity contribution in [1.29, 1.82) is 0 Å². The van der Waals surface area contributed by atoms with Gasteiger partial charge in [-0.1, -0.05) is 19.1 Å². The summed E-state index contributed by atoms with van der Waals surface area (Å²) in [4.78, 5) is 12.7. The van der Waals surface area contributed by atoms with Crippen LogP contribution in [0.5, 0.6) is 17.2 Å². The fraction of sp³-hybridized carbons (Fsp3) is 0.269. The maximum Gasteiger partial charge on any atom is 0.221 e. The SMILES string of the molecule is COc1cc(/C=C2\c3ccc(F)cc3C(CC(=O)NCc3ccco3)C2C)cc(OC)c1O. The van der Waals surface area contributed by atoms with Gasteiger partial charge in [0.2, 0.25) is 11.7 Å². The van der Waals surface area contributed by atoms with Gasteiger partial charge < -0.3 is 24.3 Å². The van der Waals surface area contributed by atoms with Gasteiger partial charge in [0, 0.05) is 6.42 Å². The van der Waals surface area contributed by atoms with Gasteiger partial charge in [-0.05, 0) is 70.5 Å². The summed E-state index contributed by atoms with van der Waals surface area (Å²) < 4.78 is 29.9. The molecule has 0 bridgehead atoms. The van der Waals surface area contributed by atoms with Crippen LogP contribution in [0.2, 0.25) is 0 Å². The van der Waals surface area contributed by atoms with Crippen LogP contribution in [0.15, 0.2) is 53.1 Å². The summed E-state index contributed by atoms with van der Waals surface area (Å²) in [5.74, 6) is 0.491. The number of fused-ring (bicyclic) bond motifs is 1. The van der Waals surface area contributed by atoms with Crippen LogP contribution in [0.4, 0.5) is 4.39 Å². The Morgan fingerprint density at radius 3 is 2.55 bits per heavy atom. The molecule has 0 radical (unpaired) electrons. The van der Waals surface area contributed by atoms with E-state index in [4.69, 9.17) is 13.9 Å². The molecule has 2 atom stereocenters. The summed E-state index contributed by atoms with van der Waals surface area (Å²) in [5, 5.41) is 13.1. The molecular formula is C26H26FNO5. The lowest BCUT2D eigenvalue weighted by atomic mass is 9.88. The largest absolute Gasteiger partial charge is 0.502 e. The highest BCUT2D eigenvalue weighted by molar-refractivity contribution is 5.89. The van der Waals surface area contributed by atoms with Crippen molar-refractivity contribution in [3.05, 3.63) is 77.0 Å². The number of allylic oxidation sites excluding steroid dienone is 1. The van der Waals surface area contributed by atoms with E-state index in [9.17, 15) is 14.3 Å². The van der Waals surface area contributed by atoms with Crippen molar-refractivity contribution < 1.29 is 28.2 Å². The van der Waals surface area contributed by atoms with E-state index >= 15 is 0 Å². The number of rotatable bonds is 7. The number of hydrogen-bond acceptors (Lipinski definition) is 5. The molecule has 1 aliphatic rings. The molecule has 2 unspecified atom stereocenters. The lowest BCUT2D eigenvalue weighted by Crippen LogP contribution is -2.25. The van der Waals surface area contributed by atoms with Crippen molar-refractivity contribution in [2.45, 2.75) is 25.8 Å². The van der Waals surface area contributed by atoms with Crippen LogP contribution in [0.3, 0.4) is 0 Å². The van der Waals surface area contributed by atoms with Crippen molar-refractivity contribution in [2.24, 2.45) is 5.92 Å². The van der Waals surface area contributed by atoms with E-state index in [1.165, 1.54) is 26.4 Å². The van der Waals surface area contributed by atoms with Crippen molar-refractivity contribution in [2.75, 3.05) is 14.2 Å². The van der Waals surface area contributed by atoms with Crippen LogP contribution >= 0.6 is 0 Å². The number of furan rings is 1. The average molecular weight is 451 g/mol. The molecule has 2 aromatic carbocycles. The predicted molar refractivity (Wildman–Crippen MR) is 123 cm³/mol. The lowest BCUT2D eigenvalue weighted by molar-refractivity contribution is -0.121. The molecule has 33 heavy (non-hydrogen) atoms. The van der Waals surface area contributed by atoms with Crippen LogP contribution in [-0.4, -0.2) is 25.2 Å². The van der Waals surface area contributed by atoms with Crippen LogP contribution in [0.1, 0.15) is 41.7 Å². The van der Waals surface area contributed by atoms with Gasteiger partial charge >= 0.3 is 0 Å². The number of aromatic hydroxyl groups is 1. The van der Waals surface area contributed by atoms with Crippen molar-refractivity contribution in [3.8, 4) is 17.2 Å². The highest BCUT2D eigenvalue weighted by Crippen LogP contribution is 2.49. The quantitative estimate of drug-likeness (QED) is 0.521. The minimum absolute atomic E-state index is 0.0399. The van der Waals surface area contributed by atoms with Crippen LogP contribution in [-0.2, 0) is 11.3 Å². The Kier molecular flexibility index (Phi) is 6.40. The molecule has 1 aliphatic carbocycles. The summed E-state index contributed by atoms with van der Waals surface area (Å²) >= 11 is 0. The first-order valence-electron chi connectivity index (χ1n) is 10.7. The molecule has 1 aromatic heterocycles. The second-order valence-electron chi connectivity index (χ2n) is 8.06. The molecule has 2 N–H and O–H groups in total. The van der Waals surface area contributed by atoms with E-state index in [0.717, 1.165) is 22.3 Å². The Morgan fingerprint density at radius 2 is 1.91 bits per heavy atom. The highest BCUT2D eigenvalue weighted by atomic mass is 19.1. The number of carbonyl (C=O) groups is 1. The van der Waals surface area contributed by atoms with Gasteiger partial charge in [-0.25, -0.2) is 4.39 Å². The molecular weight excluding hydrogens is 425 g/mol. The number of phenolic OH excluding ortho intramolecular Hbond substituents is 1. The Hall–Kier alpha value is -3.74. The van der Waals surface area contributed by atoms with Gasteiger partial charge in [-0.2, -0.15) is 0 Å². The summed E-state index contributed by atoms with van der Waals surface area (Å²) in [6.45, 7) is 2.34. The second-order valence-corrected chi connectivity index (χ2v) is 8.06. The number of benzene rings is 2. The molecule has 1 heterocycles. The number of amides is 1. The molecule has 6 nitrogen and oxygen atoms in total. The Balaban J connectivity index is 1.65. The summed E-state index contributed by atoms with van der Waals surface area (Å²) in [7, 11) is 2.94. The fourth-order valence-electron chi connectivity index (χ4n) is 4.38. The van der Waals surface area contributed by atoms with E-state index < -0.39 is 0 Å². The number of halogens is 1. The average Bonchev–Trinajstić information content (AvgIpc) is 3.41. The predicted octanol–water partition coefficient (Wildman–Crippen LogP) is 5.12. The van der Waals surface area contributed by atoms with E-state index in [0.29, 0.717) is 23.8 Å². The summed E-state index contributed by atoms with van der Waals surface area (Å²) in [6, 6.07) is 11.7. The van der Waals surface area contributed by atoms with Crippen molar-refractivity contribution >= 4 is 17.6 Å². The topological polar surface area (TPSA) is 80.9 Å². The summed E-state index contributed by atoms with van der Waals surface area (Å²) in [5.41, 5.74) is 3.45. The normalized spacial score (nSPS) is 18.2. The molecule has 4 rings (SSSR count). The third kappa shape index (κ3) is 4.58. The van der Waals surface area contributed by atoms with Gasteiger partial charge in [0.05, 0.1) is 27.0 Å². The molecule has 0 aliphatic heterocycles. The summed E-state index contributed by atoms with van der Waals surface area (Å²) in [6.07, 6.45) is 3.74. The second kappa shape index (κ2) is 9.40. The minimum atomic E-state index is -0.337. The number of carbonyl (C=O) groups excluding carboxylic acids is 1. The first-order valence-corrected chi connectivity index (χ1v) is 10.7. The fourth-order valence-corrected chi connectivity index (χ4v) is 4.38. The highest BCUT2D eigenvalue weighted by Gasteiger charge is 2.35. The van der Waals surface area contributed by atoms with Gasteiger partial charge in [0.1, 0.15) is 11.6 Å². The zero-order valence-electron chi connectivity index (χ0n) is 18.7. The number of hydrogen-bond donors (Lipinski definition) is 2. The monoisotopic (exact) mass is 451 g/mol. The number of ether oxygens (including phenoxy) is 2. The first kappa shape index (κ1) is 22.5. The molecule has 1 amide bonds. The van der Waals surface area contributed by atoms with E-state index in [2.05, 4.69) is 5.32 Å². The Labute approximate surface area is 191 Å². The zero-order valence-corrected chi connectivity index (χ0v) is 18.7. The van der Waals surface area contributed by atoms with E-state index in [1.54, 1.807) is 36.6 Å². The van der Waals surface area contributed by atoms with Gasteiger partial charge in [0.25, 0.3) is 0 Å². The molecule has 172 valence electrons. The van der Waals surface area contributed by atoms with Gasteiger partial charge in [-0.15, -0.1) is 0 Å². The molecule has 0 saturated heterocycles.